The van der Waals surface area contributed by atoms with E-state index in [1.54, 1.807) is 12.1 Å². The lowest BCUT2D eigenvalue weighted by molar-refractivity contribution is 0.627. The molecule has 2 aromatic carbocycles. The van der Waals surface area contributed by atoms with Crippen LogP contribution in [0, 0.1) is 19.7 Å². The van der Waals surface area contributed by atoms with Crippen LogP contribution in [0.2, 0.25) is 0 Å². The van der Waals surface area contributed by atoms with Crippen LogP contribution in [0.15, 0.2) is 54.6 Å². The van der Waals surface area contributed by atoms with Gasteiger partial charge in [0.1, 0.15) is 5.82 Å². The van der Waals surface area contributed by atoms with Crippen LogP contribution in [-0.4, -0.2) is 16.3 Å². The number of hydrogen-bond acceptors (Lipinski definition) is 2. The molecule has 1 N–H and O–H groups in total. The van der Waals surface area contributed by atoms with Crippen molar-refractivity contribution in [1.29, 1.82) is 0 Å². The summed E-state index contributed by atoms with van der Waals surface area (Å²) in [5, 5.41) is 8.09. The highest BCUT2D eigenvalue weighted by Crippen LogP contribution is 2.18. The zero-order chi connectivity index (χ0) is 16.9. The predicted octanol–water partition coefficient (Wildman–Crippen LogP) is 3.96. The zero-order valence-corrected chi connectivity index (χ0v) is 14.1. The number of nitrogens with zero attached hydrogens (tertiary/aromatic N) is 2. The Kier molecular flexibility index (Phi) is 5.06. The predicted molar refractivity (Wildman–Crippen MR) is 94.8 cm³/mol. The highest BCUT2D eigenvalue weighted by atomic mass is 19.1. The molecule has 0 amide bonds. The molecule has 4 heteroatoms. The Morgan fingerprint density at radius 3 is 2.42 bits per heavy atom. The molecular weight excluding hydrogens is 301 g/mol. The molecule has 0 saturated carbocycles. The van der Waals surface area contributed by atoms with Gasteiger partial charge in [-0.05, 0) is 56.6 Å². The fraction of sp³-hybridized carbons (Fsp3) is 0.250. The zero-order valence-electron chi connectivity index (χ0n) is 14.1. The van der Waals surface area contributed by atoms with Gasteiger partial charge in [0.2, 0.25) is 0 Å². The fourth-order valence-electron chi connectivity index (χ4n) is 2.86. The third kappa shape index (κ3) is 3.71. The molecule has 3 aromatic rings. The van der Waals surface area contributed by atoms with Crippen LogP contribution < -0.4 is 5.32 Å². The van der Waals surface area contributed by atoms with E-state index in [4.69, 9.17) is 0 Å². The summed E-state index contributed by atoms with van der Waals surface area (Å²) < 4.78 is 15.0. The Labute approximate surface area is 142 Å². The molecule has 3 rings (SSSR count). The summed E-state index contributed by atoms with van der Waals surface area (Å²) in [4.78, 5) is 0. The average molecular weight is 323 g/mol. The number of halogens is 1. The second-order valence-corrected chi connectivity index (χ2v) is 5.95. The summed E-state index contributed by atoms with van der Waals surface area (Å²) in [6.45, 7) is 5.77. The summed E-state index contributed by atoms with van der Waals surface area (Å²) >= 11 is 0. The molecule has 1 heterocycles. The molecule has 0 atom stereocenters. The minimum atomic E-state index is -0.233. The van der Waals surface area contributed by atoms with Crippen LogP contribution in [-0.2, 0) is 13.0 Å². The summed E-state index contributed by atoms with van der Waals surface area (Å²) in [5.74, 6) is -0.233. The molecular formula is C20H22FN3. The van der Waals surface area contributed by atoms with Crippen LogP contribution in [0.1, 0.15) is 22.5 Å². The van der Waals surface area contributed by atoms with Gasteiger partial charge in [0, 0.05) is 17.8 Å². The van der Waals surface area contributed by atoms with Gasteiger partial charge in [0.25, 0.3) is 0 Å². The number of hydrogen-bond donors (Lipinski definition) is 1. The number of benzene rings is 2. The van der Waals surface area contributed by atoms with Crippen LogP contribution in [0.3, 0.4) is 0 Å². The van der Waals surface area contributed by atoms with E-state index in [1.807, 2.05) is 17.7 Å². The number of aromatic nitrogens is 2. The van der Waals surface area contributed by atoms with E-state index in [0.717, 1.165) is 36.6 Å². The number of aryl methyl sites for hydroxylation is 1. The SMILES string of the molecule is Cc1nn(-c2ccc(F)cc2)c(C)c1CNCCc1ccccc1. The normalized spacial score (nSPS) is 11.0. The lowest BCUT2D eigenvalue weighted by atomic mass is 10.1. The van der Waals surface area contributed by atoms with Crippen molar-refractivity contribution in [3.05, 3.63) is 82.9 Å². The lowest BCUT2D eigenvalue weighted by Gasteiger charge is -2.07. The largest absolute Gasteiger partial charge is 0.312 e. The summed E-state index contributed by atoms with van der Waals surface area (Å²) in [5.41, 5.74) is 5.51. The van der Waals surface area contributed by atoms with Crippen molar-refractivity contribution in [2.24, 2.45) is 0 Å². The monoisotopic (exact) mass is 323 g/mol. The Morgan fingerprint density at radius 2 is 1.71 bits per heavy atom. The maximum atomic E-state index is 13.1. The molecule has 0 aliphatic heterocycles. The van der Waals surface area contributed by atoms with E-state index in [0.29, 0.717) is 0 Å². The second kappa shape index (κ2) is 7.41. The number of rotatable bonds is 6. The highest BCUT2D eigenvalue weighted by molar-refractivity contribution is 5.37. The Balaban J connectivity index is 1.65. The van der Waals surface area contributed by atoms with Gasteiger partial charge < -0.3 is 5.32 Å². The second-order valence-electron chi connectivity index (χ2n) is 5.95. The van der Waals surface area contributed by atoms with E-state index in [9.17, 15) is 4.39 Å². The van der Waals surface area contributed by atoms with Crippen LogP contribution in [0.4, 0.5) is 4.39 Å². The van der Waals surface area contributed by atoms with Crippen molar-refractivity contribution in [2.45, 2.75) is 26.8 Å². The smallest absolute Gasteiger partial charge is 0.123 e. The van der Waals surface area contributed by atoms with Gasteiger partial charge in [-0.15, -0.1) is 0 Å². The topological polar surface area (TPSA) is 29.9 Å². The Morgan fingerprint density at radius 1 is 1.00 bits per heavy atom. The van der Waals surface area contributed by atoms with Gasteiger partial charge in [-0.2, -0.15) is 5.10 Å². The van der Waals surface area contributed by atoms with E-state index in [1.165, 1.54) is 23.3 Å². The molecule has 0 unspecified atom stereocenters. The van der Waals surface area contributed by atoms with Crippen molar-refractivity contribution in [1.82, 2.24) is 15.1 Å². The quantitative estimate of drug-likeness (QED) is 0.696. The fourth-order valence-corrected chi connectivity index (χ4v) is 2.86. The third-order valence-corrected chi connectivity index (χ3v) is 4.25. The Hall–Kier alpha value is -2.46. The van der Waals surface area contributed by atoms with E-state index < -0.39 is 0 Å². The van der Waals surface area contributed by atoms with E-state index in [2.05, 4.69) is 41.6 Å². The molecule has 124 valence electrons. The van der Waals surface area contributed by atoms with Gasteiger partial charge in [0.05, 0.1) is 11.4 Å². The van der Waals surface area contributed by atoms with Crippen LogP contribution in [0.5, 0.6) is 0 Å². The van der Waals surface area contributed by atoms with E-state index >= 15 is 0 Å². The first kappa shape index (κ1) is 16.4. The van der Waals surface area contributed by atoms with E-state index in [-0.39, 0.29) is 5.82 Å². The minimum absolute atomic E-state index is 0.233. The van der Waals surface area contributed by atoms with Crippen LogP contribution >= 0.6 is 0 Å². The number of nitrogens with one attached hydrogen (secondary N) is 1. The van der Waals surface area contributed by atoms with Gasteiger partial charge in [-0.1, -0.05) is 30.3 Å². The Bertz CT molecular complexity index is 792. The molecule has 0 radical (unpaired) electrons. The molecule has 0 bridgehead atoms. The molecule has 24 heavy (non-hydrogen) atoms. The van der Waals surface area contributed by atoms with Gasteiger partial charge in [0.15, 0.2) is 0 Å². The first-order chi connectivity index (χ1) is 11.6. The first-order valence-corrected chi connectivity index (χ1v) is 8.21. The first-order valence-electron chi connectivity index (χ1n) is 8.21. The lowest BCUT2D eigenvalue weighted by Crippen LogP contribution is -2.17. The van der Waals surface area contributed by atoms with Crippen molar-refractivity contribution < 1.29 is 4.39 Å². The third-order valence-electron chi connectivity index (χ3n) is 4.25. The molecule has 0 spiro atoms. The highest BCUT2D eigenvalue weighted by Gasteiger charge is 2.12. The maximum absolute atomic E-state index is 13.1. The van der Waals surface area contributed by atoms with Gasteiger partial charge in [-0.3, -0.25) is 0 Å². The standard InChI is InChI=1S/C20H22FN3/c1-15-20(14-22-13-12-17-6-4-3-5-7-17)16(2)24(23-15)19-10-8-18(21)9-11-19/h3-11,22H,12-14H2,1-2H3. The van der Waals surface area contributed by atoms with Gasteiger partial charge in [-0.25, -0.2) is 9.07 Å². The minimum Gasteiger partial charge on any atom is -0.312 e. The molecule has 0 fully saturated rings. The van der Waals surface area contributed by atoms with Crippen molar-refractivity contribution >= 4 is 0 Å². The molecule has 3 nitrogen and oxygen atoms in total. The van der Waals surface area contributed by atoms with Crippen molar-refractivity contribution in [3.8, 4) is 5.69 Å². The van der Waals surface area contributed by atoms with Crippen molar-refractivity contribution in [2.75, 3.05) is 6.54 Å². The summed E-state index contributed by atoms with van der Waals surface area (Å²) in [6.07, 6.45) is 1.00. The summed E-state index contributed by atoms with van der Waals surface area (Å²) in [7, 11) is 0. The van der Waals surface area contributed by atoms with Gasteiger partial charge >= 0.3 is 0 Å². The molecule has 1 aromatic heterocycles. The summed E-state index contributed by atoms with van der Waals surface area (Å²) in [6, 6.07) is 16.9. The molecule has 0 aliphatic rings. The average Bonchev–Trinajstić information content (AvgIpc) is 2.88. The molecule has 0 aliphatic carbocycles. The maximum Gasteiger partial charge on any atom is 0.123 e. The molecule has 0 saturated heterocycles. The van der Waals surface area contributed by atoms with Crippen molar-refractivity contribution in [3.63, 3.8) is 0 Å². The van der Waals surface area contributed by atoms with Crippen LogP contribution in [0.25, 0.3) is 5.69 Å².